The first-order chi connectivity index (χ1) is 16.9. The zero-order valence-electron chi connectivity index (χ0n) is 20.6. The lowest BCUT2D eigenvalue weighted by molar-refractivity contribution is -0.139. The van der Waals surface area contributed by atoms with Crippen molar-refractivity contribution < 1.29 is 29.0 Å². The Morgan fingerprint density at radius 2 is 1.69 bits per heavy atom. The van der Waals surface area contributed by atoms with Crippen LogP contribution >= 0.6 is 0 Å². The standard InChI is InChI=1S/C27H36N2O6/c1-3-5-16-28-25(30)19-29(27(33)34-18-6-4-2)17-15-21-11-13-22(14-12-21)23-9-7-8-10-24(23)35-20-26(31)32/h7-14H,3-6,15-20H2,1-2H3,(H,28,30)(H,31,32). The lowest BCUT2D eigenvalue weighted by atomic mass is 10.0. The fourth-order valence-electron chi connectivity index (χ4n) is 3.35. The Bertz CT molecular complexity index is 945. The van der Waals surface area contributed by atoms with E-state index in [2.05, 4.69) is 12.2 Å². The summed E-state index contributed by atoms with van der Waals surface area (Å²) in [4.78, 5) is 37.2. The van der Waals surface area contributed by atoms with Crippen molar-refractivity contribution >= 4 is 18.0 Å². The molecule has 0 aliphatic heterocycles. The summed E-state index contributed by atoms with van der Waals surface area (Å²) >= 11 is 0. The molecule has 0 aromatic heterocycles. The first kappa shape index (κ1) is 27.7. The van der Waals surface area contributed by atoms with Gasteiger partial charge in [0.25, 0.3) is 0 Å². The van der Waals surface area contributed by atoms with Crippen molar-refractivity contribution in [3.8, 4) is 16.9 Å². The third-order valence-electron chi connectivity index (χ3n) is 5.34. The first-order valence-electron chi connectivity index (χ1n) is 12.2. The molecule has 0 spiro atoms. The second kappa shape index (κ2) is 15.4. The molecule has 2 amide bonds. The largest absolute Gasteiger partial charge is 0.481 e. The van der Waals surface area contributed by atoms with Crippen LogP contribution in [0.2, 0.25) is 0 Å². The molecule has 0 radical (unpaired) electrons. The lowest BCUT2D eigenvalue weighted by Crippen LogP contribution is -2.42. The molecule has 0 unspecified atom stereocenters. The Hall–Kier alpha value is -3.55. The number of hydrogen-bond donors (Lipinski definition) is 2. The summed E-state index contributed by atoms with van der Waals surface area (Å²) in [6.07, 6.45) is 3.65. The Morgan fingerprint density at radius 3 is 2.37 bits per heavy atom. The van der Waals surface area contributed by atoms with Gasteiger partial charge in [0, 0.05) is 18.7 Å². The van der Waals surface area contributed by atoms with Gasteiger partial charge in [-0.25, -0.2) is 9.59 Å². The fourth-order valence-corrected chi connectivity index (χ4v) is 3.35. The maximum atomic E-state index is 12.6. The number of carbonyl (C=O) groups is 3. The van der Waals surface area contributed by atoms with Crippen LogP contribution in [-0.2, 0) is 20.7 Å². The van der Waals surface area contributed by atoms with Crippen LogP contribution in [-0.4, -0.2) is 60.8 Å². The van der Waals surface area contributed by atoms with E-state index in [0.717, 1.165) is 42.4 Å². The van der Waals surface area contributed by atoms with Crippen molar-refractivity contribution in [2.24, 2.45) is 0 Å². The lowest BCUT2D eigenvalue weighted by Gasteiger charge is -2.22. The van der Waals surface area contributed by atoms with Crippen molar-refractivity contribution in [3.05, 3.63) is 54.1 Å². The molecule has 8 nitrogen and oxygen atoms in total. The number of carbonyl (C=O) groups excluding carboxylic acids is 2. The van der Waals surface area contributed by atoms with Crippen LogP contribution in [0.25, 0.3) is 11.1 Å². The van der Waals surface area contributed by atoms with E-state index in [0.29, 0.717) is 31.9 Å². The van der Waals surface area contributed by atoms with Crippen molar-refractivity contribution in [2.45, 2.75) is 46.0 Å². The molecule has 2 aromatic carbocycles. The number of carboxylic acids is 1. The summed E-state index contributed by atoms with van der Waals surface area (Å²) in [7, 11) is 0. The molecular formula is C27H36N2O6. The van der Waals surface area contributed by atoms with Gasteiger partial charge in [0.1, 0.15) is 12.3 Å². The van der Waals surface area contributed by atoms with Gasteiger partial charge < -0.3 is 19.9 Å². The highest BCUT2D eigenvalue weighted by Gasteiger charge is 2.18. The molecule has 35 heavy (non-hydrogen) atoms. The fraction of sp³-hybridized carbons (Fsp3) is 0.444. The SMILES string of the molecule is CCCCNC(=O)CN(CCc1ccc(-c2ccccc2OCC(=O)O)cc1)C(=O)OCCCC. The number of benzene rings is 2. The number of hydrogen-bond acceptors (Lipinski definition) is 5. The van der Waals surface area contributed by atoms with E-state index in [-0.39, 0.29) is 12.5 Å². The number of amides is 2. The van der Waals surface area contributed by atoms with Crippen molar-refractivity contribution in [1.82, 2.24) is 10.2 Å². The van der Waals surface area contributed by atoms with Gasteiger partial charge in [-0.2, -0.15) is 0 Å². The summed E-state index contributed by atoms with van der Waals surface area (Å²) < 4.78 is 10.7. The summed E-state index contributed by atoms with van der Waals surface area (Å²) in [5, 5.41) is 11.7. The van der Waals surface area contributed by atoms with Crippen LogP contribution in [0.5, 0.6) is 5.75 Å². The highest BCUT2D eigenvalue weighted by atomic mass is 16.6. The van der Waals surface area contributed by atoms with E-state index in [9.17, 15) is 14.4 Å². The molecule has 0 saturated carbocycles. The minimum atomic E-state index is -1.04. The topological polar surface area (TPSA) is 105 Å². The number of carboxylic acid groups (broad SMARTS) is 1. The Morgan fingerprint density at radius 1 is 0.971 bits per heavy atom. The number of nitrogens with zero attached hydrogens (tertiary/aromatic N) is 1. The van der Waals surface area contributed by atoms with E-state index in [1.54, 1.807) is 12.1 Å². The smallest absolute Gasteiger partial charge is 0.410 e. The normalized spacial score (nSPS) is 10.5. The molecule has 0 saturated heterocycles. The average Bonchev–Trinajstić information content (AvgIpc) is 2.86. The predicted octanol–water partition coefficient (Wildman–Crippen LogP) is 4.51. The maximum Gasteiger partial charge on any atom is 0.410 e. The Kier molecular flexibility index (Phi) is 12.2. The Labute approximate surface area is 207 Å². The van der Waals surface area contributed by atoms with Gasteiger partial charge in [-0.05, 0) is 36.5 Å². The minimum Gasteiger partial charge on any atom is -0.481 e. The molecule has 0 aliphatic carbocycles. The van der Waals surface area contributed by atoms with Gasteiger partial charge >= 0.3 is 12.1 Å². The first-order valence-corrected chi connectivity index (χ1v) is 12.2. The Balaban J connectivity index is 2.03. The van der Waals surface area contributed by atoms with E-state index >= 15 is 0 Å². The molecule has 0 heterocycles. The van der Waals surface area contributed by atoms with Crippen LogP contribution in [0.3, 0.4) is 0 Å². The third kappa shape index (κ3) is 10.1. The molecule has 8 heteroatoms. The van der Waals surface area contributed by atoms with Gasteiger partial charge in [-0.1, -0.05) is 69.2 Å². The molecule has 2 aromatic rings. The van der Waals surface area contributed by atoms with Gasteiger partial charge in [-0.3, -0.25) is 9.69 Å². The molecule has 2 rings (SSSR count). The monoisotopic (exact) mass is 484 g/mol. The molecule has 0 bridgehead atoms. The molecular weight excluding hydrogens is 448 g/mol. The summed E-state index contributed by atoms with van der Waals surface area (Å²) in [5.41, 5.74) is 2.68. The predicted molar refractivity (Wildman–Crippen MR) is 134 cm³/mol. The zero-order chi connectivity index (χ0) is 25.5. The number of rotatable bonds is 15. The van der Waals surface area contributed by atoms with Gasteiger partial charge in [0.05, 0.1) is 6.61 Å². The number of nitrogens with one attached hydrogen (secondary N) is 1. The number of para-hydroxylation sites is 1. The van der Waals surface area contributed by atoms with Crippen LogP contribution in [0, 0.1) is 0 Å². The van der Waals surface area contributed by atoms with Gasteiger partial charge in [0.15, 0.2) is 6.61 Å². The van der Waals surface area contributed by atoms with E-state index in [1.165, 1.54) is 4.90 Å². The van der Waals surface area contributed by atoms with Crippen molar-refractivity contribution in [2.75, 3.05) is 32.8 Å². The highest BCUT2D eigenvalue weighted by molar-refractivity contribution is 5.82. The van der Waals surface area contributed by atoms with Gasteiger partial charge in [-0.15, -0.1) is 0 Å². The quantitative estimate of drug-likeness (QED) is 0.360. The number of unbranched alkanes of at least 4 members (excludes halogenated alkanes) is 2. The van der Waals surface area contributed by atoms with E-state index in [4.69, 9.17) is 14.6 Å². The average molecular weight is 485 g/mol. The second-order valence-electron chi connectivity index (χ2n) is 8.22. The minimum absolute atomic E-state index is 0.0406. The van der Waals surface area contributed by atoms with Crippen LogP contribution in [0.1, 0.15) is 45.1 Å². The van der Waals surface area contributed by atoms with E-state index < -0.39 is 18.7 Å². The summed E-state index contributed by atoms with van der Waals surface area (Å²) in [6, 6.07) is 15.0. The maximum absolute atomic E-state index is 12.6. The molecule has 0 fully saturated rings. The molecule has 0 aliphatic rings. The number of aliphatic carboxylic acids is 1. The van der Waals surface area contributed by atoms with Crippen molar-refractivity contribution in [1.29, 1.82) is 0 Å². The van der Waals surface area contributed by atoms with Gasteiger partial charge in [0.2, 0.25) is 5.91 Å². The third-order valence-corrected chi connectivity index (χ3v) is 5.34. The summed E-state index contributed by atoms with van der Waals surface area (Å²) in [6.45, 7) is 4.90. The molecule has 2 N–H and O–H groups in total. The summed E-state index contributed by atoms with van der Waals surface area (Å²) in [5.74, 6) is -0.732. The van der Waals surface area contributed by atoms with Crippen molar-refractivity contribution in [3.63, 3.8) is 0 Å². The highest BCUT2D eigenvalue weighted by Crippen LogP contribution is 2.30. The van der Waals surface area contributed by atoms with Crippen LogP contribution in [0.15, 0.2) is 48.5 Å². The molecule has 0 atom stereocenters. The number of ether oxygens (including phenoxy) is 2. The van der Waals surface area contributed by atoms with Crippen LogP contribution in [0.4, 0.5) is 4.79 Å². The molecule has 190 valence electrons. The zero-order valence-corrected chi connectivity index (χ0v) is 20.6. The second-order valence-corrected chi connectivity index (χ2v) is 8.22. The van der Waals surface area contributed by atoms with E-state index in [1.807, 2.05) is 43.3 Å². The van der Waals surface area contributed by atoms with Crippen LogP contribution < -0.4 is 10.1 Å².